The van der Waals surface area contributed by atoms with Crippen molar-refractivity contribution in [2.75, 3.05) is 23.7 Å². The number of halogens is 2. The Kier molecular flexibility index (Phi) is 4.26. The Balaban J connectivity index is 1.46. The van der Waals surface area contributed by atoms with Gasteiger partial charge >= 0.3 is 0 Å². The van der Waals surface area contributed by atoms with Gasteiger partial charge in [-0.25, -0.2) is 9.37 Å². The van der Waals surface area contributed by atoms with Crippen LogP contribution in [-0.2, 0) is 0 Å². The molecule has 0 saturated carbocycles. The molecule has 3 heterocycles. The zero-order valence-electron chi connectivity index (χ0n) is 13.9. The van der Waals surface area contributed by atoms with Crippen molar-refractivity contribution >= 4 is 39.8 Å². The maximum absolute atomic E-state index is 14.6. The summed E-state index contributed by atoms with van der Waals surface area (Å²) < 4.78 is 16.2. The lowest BCUT2D eigenvalue weighted by Gasteiger charge is -2.12. The van der Waals surface area contributed by atoms with Crippen molar-refractivity contribution in [3.8, 4) is 0 Å². The second-order valence-corrected chi connectivity index (χ2v) is 6.13. The largest absolute Gasteiger partial charge is 0.381 e. The second kappa shape index (κ2) is 6.72. The number of pyridine rings is 1. The summed E-state index contributed by atoms with van der Waals surface area (Å²) in [4.78, 5) is 12.4. The summed E-state index contributed by atoms with van der Waals surface area (Å²) in [5.41, 5.74) is 1.47. The Morgan fingerprint density at radius 3 is 2.88 bits per heavy atom. The highest BCUT2D eigenvalue weighted by molar-refractivity contribution is 6.35. The van der Waals surface area contributed by atoms with Crippen molar-refractivity contribution in [1.82, 2.24) is 24.6 Å². The molecule has 9 heteroatoms. The van der Waals surface area contributed by atoms with E-state index in [0.29, 0.717) is 35.0 Å². The van der Waals surface area contributed by atoms with E-state index in [9.17, 15) is 4.39 Å². The van der Waals surface area contributed by atoms with E-state index in [4.69, 9.17) is 11.6 Å². The van der Waals surface area contributed by atoms with Crippen molar-refractivity contribution in [2.24, 2.45) is 0 Å². The smallest absolute Gasteiger partial charge is 0.254 e. The maximum atomic E-state index is 14.6. The summed E-state index contributed by atoms with van der Waals surface area (Å²) in [7, 11) is 0. The van der Waals surface area contributed by atoms with Gasteiger partial charge < -0.3 is 10.6 Å². The molecule has 132 valence electrons. The highest BCUT2D eigenvalue weighted by atomic mass is 35.5. The molecule has 0 amide bonds. The molecule has 4 rings (SSSR count). The Hall–Kier alpha value is -3.00. The summed E-state index contributed by atoms with van der Waals surface area (Å²) in [6, 6.07) is 6.94. The van der Waals surface area contributed by atoms with E-state index < -0.39 is 5.82 Å². The van der Waals surface area contributed by atoms with Crippen LogP contribution in [0.4, 0.5) is 15.9 Å². The third-order valence-electron chi connectivity index (χ3n) is 3.92. The lowest BCUT2D eigenvalue weighted by atomic mass is 10.2. The van der Waals surface area contributed by atoms with Crippen LogP contribution in [0.1, 0.15) is 5.69 Å². The molecule has 0 unspecified atom stereocenters. The molecule has 0 bridgehead atoms. The number of hydrogen-bond donors (Lipinski definition) is 2. The third kappa shape index (κ3) is 2.99. The molecule has 26 heavy (non-hydrogen) atoms. The Morgan fingerprint density at radius 2 is 2.00 bits per heavy atom. The Bertz CT molecular complexity index is 1100. The van der Waals surface area contributed by atoms with Crippen molar-refractivity contribution in [3.05, 3.63) is 53.3 Å². The number of fused-ring (bicyclic) bond motifs is 2. The first kappa shape index (κ1) is 16.5. The molecule has 0 aliphatic heterocycles. The monoisotopic (exact) mass is 371 g/mol. The van der Waals surface area contributed by atoms with E-state index in [1.807, 2.05) is 13.0 Å². The van der Waals surface area contributed by atoms with Crippen molar-refractivity contribution in [3.63, 3.8) is 0 Å². The van der Waals surface area contributed by atoms with E-state index in [1.165, 1.54) is 12.5 Å². The van der Waals surface area contributed by atoms with Gasteiger partial charge in [0.25, 0.3) is 5.78 Å². The van der Waals surface area contributed by atoms with Crippen LogP contribution in [0.3, 0.4) is 0 Å². The summed E-state index contributed by atoms with van der Waals surface area (Å²) in [6.07, 6.45) is 2.95. The van der Waals surface area contributed by atoms with Gasteiger partial charge in [-0.1, -0.05) is 11.6 Å². The van der Waals surface area contributed by atoms with Gasteiger partial charge in [-0.05, 0) is 25.1 Å². The summed E-state index contributed by atoms with van der Waals surface area (Å²) in [5.74, 6) is 0.895. The molecule has 4 aromatic rings. The van der Waals surface area contributed by atoms with Crippen LogP contribution in [0, 0.1) is 12.7 Å². The number of anilines is 2. The van der Waals surface area contributed by atoms with E-state index in [-0.39, 0.29) is 5.52 Å². The number of hydrogen-bond acceptors (Lipinski definition) is 6. The van der Waals surface area contributed by atoms with Crippen LogP contribution in [-0.4, -0.2) is 37.7 Å². The minimum atomic E-state index is -0.413. The van der Waals surface area contributed by atoms with E-state index in [0.717, 1.165) is 11.5 Å². The highest BCUT2D eigenvalue weighted by Crippen LogP contribution is 2.27. The van der Waals surface area contributed by atoms with Crippen LogP contribution in [0.15, 0.2) is 36.8 Å². The molecule has 1 aromatic carbocycles. The number of nitrogens with one attached hydrogen (secondary N) is 2. The zero-order chi connectivity index (χ0) is 18.1. The van der Waals surface area contributed by atoms with Crippen molar-refractivity contribution in [1.29, 1.82) is 0 Å². The number of aromatic nitrogens is 5. The van der Waals surface area contributed by atoms with Gasteiger partial charge in [-0.3, -0.25) is 4.98 Å². The molecule has 0 aliphatic rings. The Morgan fingerprint density at radius 1 is 1.15 bits per heavy atom. The van der Waals surface area contributed by atoms with Gasteiger partial charge in [0.15, 0.2) is 5.82 Å². The SMILES string of the molecule is Cc1cc(NCCNc2ccc3c(Cl)ccnc3c2F)n2ncnc2n1. The first-order valence-corrected chi connectivity index (χ1v) is 8.39. The molecular weight excluding hydrogens is 357 g/mol. The number of nitrogens with zero attached hydrogens (tertiary/aromatic N) is 5. The predicted molar refractivity (Wildman–Crippen MR) is 99.2 cm³/mol. The fourth-order valence-corrected chi connectivity index (χ4v) is 2.94. The van der Waals surface area contributed by atoms with Crippen LogP contribution in [0.25, 0.3) is 16.7 Å². The predicted octanol–water partition coefficient (Wildman–Crippen LogP) is 3.30. The van der Waals surface area contributed by atoms with Gasteiger partial charge in [-0.2, -0.15) is 14.6 Å². The van der Waals surface area contributed by atoms with Gasteiger partial charge in [0.1, 0.15) is 17.7 Å². The standard InChI is InChI=1S/C17H15ClFN7/c1-10-8-14(26-17(25-10)23-9-24-26)21-7-6-20-13-3-2-11-12(18)4-5-22-16(11)15(13)19/h2-5,8-9,20-21H,6-7H2,1H3. The Labute approximate surface area is 153 Å². The molecule has 2 N–H and O–H groups in total. The highest BCUT2D eigenvalue weighted by Gasteiger charge is 2.10. The normalized spacial score (nSPS) is 11.2. The third-order valence-corrected chi connectivity index (χ3v) is 4.25. The van der Waals surface area contributed by atoms with Gasteiger partial charge in [0.05, 0.1) is 10.7 Å². The number of rotatable bonds is 5. The molecule has 0 atom stereocenters. The minimum Gasteiger partial charge on any atom is -0.381 e. The van der Waals surface area contributed by atoms with Crippen LogP contribution < -0.4 is 10.6 Å². The van der Waals surface area contributed by atoms with Gasteiger partial charge in [-0.15, -0.1) is 0 Å². The average molecular weight is 372 g/mol. The maximum Gasteiger partial charge on any atom is 0.254 e. The zero-order valence-corrected chi connectivity index (χ0v) is 14.6. The fraction of sp³-hybridized carbons (Fsp3) is 0.176. The second-order valence-electron chi connectivity index (χ2n) is 5.72. The lowest BCUT2D eigenvalue weighted by molar-refractivity contribution is 0.639. The van der Waals surface area contributed by atoms with Gasteiger partial charge in [0, 0.05) is 36.4 Å². The summed E-state index contributed by atoms with van der Waals surface area (Å²) >= 11 is 6.07. The van der Waals surface area contributed by atoms with E-state index >= 15 is 0 Å². The molecule has 7 nitrogen and oxygen atoms in total. The van der Waals surface area contributed by atoms with Crippen LogP contribution >= 0.6 is 11.6 Å². The molecule has 0 radical (unpaired) electrons. The minimum absolute atomic E-state index is 0.254. The van der Waals surface area contributed by atoms with Gasteiger partial charge in [0.2, 0.25) is 0 Å². The first-order chi connectivity index (χ1) is 12.6. The number of benzene rings is 1. The van der Waals surface area contributed by atoms with Crippen LogP contribution in [0.2, 0.25) is 5.02 Å². The molecule has 3 aromatic heterocycles. The summed E-state index contributed by atoms with van der Waals surface area (Å²) in [6.45, 7) is 2.94. The molecule has 0 fully saturated rings. The van der Waals surface area contributed by atoms with E-state index in [1.54, 1.807) is 22.7 Å². The fourth-order valence-electron chi connectivity index (χ4n) is 2.73. The van der Waals surface area contributed by atoms with Crippen molar-refractivity contribution < 1.29 is 4.39 Å². The van der Waals surface area contributed by atoms with Crippen LogP contribution in [0.5, 0.6) is 0 Å². The summed E-state index contributed by atoms with van der Waals surface area (Å²) in [5, 5.41) is 11.5. The average Bonchev–Trinajstić information content (AvgIpc) is 3.09. The molecule has 0 aliphatic carbocycles. The quantitative estimate of drug-likeness (QED) is 0.524. The molecular formula is C17H15ClFN7. The topological polar surface area (TPSA) is 80.0 Å². The molecule has 0 saturated heterocycles. The van der Waals surface area contributed by atoms with E-state index in [2.05, 4.69) is 30.7 Å². The molecule has 0 spiro atoms. The number of aryl methyl sites for hydroxylation is 1. The lowest BCUT2D eigenvalue weighted by Crippen LogP contribution is -2.16. The van der Waals surface area contributed by atoms with Crippen molar-refractivity contribution in [2.45, 2.75) is 6.92 Å². The first-order valence-electron chi connectivity index (χ1n) is 8.01.